The highest BCUT2D eigenvalue weighted by Crippen LogP contribution is 2.13. The summed E-state index contributed by atoms with van der Waals surface area (Å²) in [5.74, 6) is 2.59. The lowest BCUT2D eigenvalue weighted by Crippen LogP contribution is -2.37. The van der Waals surface area contributed by atoms with E-state index in [1.807, 2.05) is 6.92 Å². The number of hydrogen-bond acceptors (Lipinski definition) is 3. The van der Waals surface area contributed by atoms with Gasteiger partial charge in [0.05, 0.1) is 12.2 Å². The zero-order chi connectivity index (χ0) is 13.1. The van der Waals surface area contributed by atoms with E-state index in [0.717, 1.165) is 38.5 Å². The molecule has 3 heteroatoms. The van der Waals surface area contributed by atoms with Gasteiger partial charge in [0.25, 0.3) is 0 Å². The van der Waals surface area contributed by atoms with Crippen LogP contribution in [0, 0.1) is 12.3 Å². The first-order valence-corrected chi connectivity index (χ1v) is 6.61. The van der Waals surface area contributed by atoms with Crippen molar-refractivity contribution in [1.29, 1.82) is 0 Å². The van der Waals surface area contributed by atoms with Crippen molar-refractivity contribution >= 4 is 0 Å². The Balaban J connectivity index is 3.57. The summed E-state index contributed by atoms with van der Waals surface area (Å²) in [5.41, 5.74) is 0. The van der Waals surface area contributed by atoms with Gasteiger partial charge in [-0.25, -0.2) is 0 Å². The summed E-state index contributed by atoms with van der Waals surface area (Å²) < 4.78 is 0. The Bertz CT molecular complexity index is 210. The SMILES string of the molecule is C#CCCCCCCC(O)C(O)C(O)CCC. The first kappa shape index (κ1) is 16.4. The highest BCUT2D eigenvalue weighted by atomic mass is 16.4. The maximum Gasteiger partial charge on any atom is 0.106 e. The van der Waals surface area contributed by atoms with Gasteiger partial charge in [-0.05, 0) is 19.3 Å². The third kappa shape index (κ3) is 8.20. The standard InChI is InChI=1S/C14H26O3/c1-3-5-6-7-8-9-11-13(16)14(17)12(15)10-4-2/h1,12-17H,4-11H2,2H3. The van der Waals surface area contributed by atoms with Gasteiger partial charge < -0.3 is 15.3 Å². The molecule has 0 amide bonds. The third-order valence-corrected chi connectivity index (χ3v) is 2.94. The highest BCUT2D eigenvalue weighted by molar-refractivity contribution is 4.82. The smallest absolute Gasteiger partial charge is 0.106 e. The summed E-state index contributed by atoms with van der Waals surface area (Å²) >= 11 is 0. The zero-order valence-corrected chi connectivity index (χ0v) is 10.8. The van der Waals surface area contributed by atoms with Crippen molar-refractivity contribution in [2.45, 2.75) is 76.6 Å². The highest BCUT2D eigenvalue weighted by Gasteiger charge is 2.23. The maximum atomic E-state index is 9.68. The second-order valence-electron chi connectivity index (χ2n) is 4.57. The van der Waals surface area contributed by atoms with Crippen LogP contribution in [0.1, 0.15) is 58.3 Å². The van der Waals surface area contributed by atoms with Gasteiger partial charge >= 0.3 is 0 Å². The fourth-order valence-electron chi connectivity index (χ4n) is 1.83. The molecule has 0 saturated carbocycles. The topological polar surface area (TPSA) is 60.7 Å². The van der Waals surface area contributed by atoms with Crippen molar-refractivity contribution in [2.24, 2.45) is 0 Å². The average molecular weight is 242 g/mol. The second kappa shape index (κ2) is 10.6. The molecule has 0 rings (SSSR count). The van der Waals surface area contributed by atoms with Crippen LogP contribution in [0.25, 0.3) is 0 Å². The Morgan fingerprint density at radius 2 is 1.53 bits per heavy atom. The van der Waals surface area contributed by atoms with E-state index in [9.17, 15) is 15.3 Å². The van der Waals surface area contributed by atoms with Crippen LogP contribution in [-0.4, -0.2) is 33.6 Å². The summed E-state index contributed by atoms with van der Waals surface area (Å²) in [7, 11) is 0. The number of terminal acetylenes is 1. The van der Waals surface area contributed by atoms with Crippen LogP contribution < -0.4 is 0 Å². The number of rotatable bonds is 10. The molecule has 0 aromatic rings. The molecule has 17 heavy (non-hydrogen) atoms. The van der Waals surface area contributed by atoms with Crippen LogP contribution >= 0.6 is 0 Å². The normalized spacial score (nSPS) is 16.2. The van der Waals surface area contributed by atoms with Crippen LogP contribution in [0.15, 0.2) is 0 Å². The Morgan fingerprint density at radius 3 is 2.12 bits per heavy atom. The van der Waals surface area contributed by atoms with Crippen molar-refractivity contribution in [2.75, 3.05) is 0 Å². The third-order valence-electron chi connectivity index (χ3n) is 2.94. The largest absolute Gasteiger partial charge is 0.390 e. The molecule has 0 aromatic carbocycles. The van der Waals surface area contributed by atoms with Gasteiger partial charge in [-0.3, -0.25) is 0 Å². The molecule has 0 bridgehead atoms. The summed E-state index contributed by atoms with van der Waals surface area (Å²) in [6, 6.07) is 0. The Kier molecular flexibility index (Phi) is 10.2. The van der Waals surface area contributed by atoms with Gasteiger partial charge in [0.2, 0.25) is 0 Å². The predicted octanol–water partition coefficient (Wildman–Crippen LogP) is 1.84. The Morgan fingerprint density at radius 1 is 0.941 bits per heavy atom. The second-order valence-corrected chi connectivity index (χ2v) is 4.57. The molecule has 0 radical (unpaired) electrons. The van der Waals surface area contributed by atoms with Crippen molar-refractivity contribution < 1.29 is 15.3 Å². The molecule has 3 nitrogen and oxygen atoms in total. The quantitative estimate of drug-likeness (QED) is 0.405. The fraction of sp³-hybridized carbons (Fsp3) is 0.857. The number of aliphatic hydroxyl groups excluding tert-OH is 3. The first-order chi connectivity index (χ1) is 8.13. The minimum absolute atomic E-state index is 0.528. The summed E-state index contributed by atoms with van der Waals surface area (Å²) in [5, 5.41) is 28.8. The lowest BCUT2D eigenvalue weighted by molar-refractivity contribution is -0.0647. The number of hydrogen-bond donors (Lipinski definition) is 3. The maximum absolute atomic E-state index is 9.68. The molecule has 0 aromatic heterocycles. The molecule has 0 fully saturated rings. The summed E-state index contributed by atoms with van der Waals surface area (Å²) in [6.45, 7) is 1.94. The van der Waals surface area contributed by atoms with Crippen LogP contribution in [0.2, 0.25) is 0 Å². The fourth-order valence-corrected chi connectivity index (χ4v) is 1.83. The van der Waals surface area contributed by atoms with Crippen molar-refractivity contribution in [1.82, 2.24) is 0 Å². The van der Waals surface area contributed by atoms with E-state index in [0.29, 0.717) is 12.8 Å². The van der Waals surface area contributed by atoms with Crippen molar-refractivity contribution in [3.05, 3.63) is 0 Å². The summed E-state index contributed by atoms with van der Waals surface area (Å²) in [6.07, 6.45) is 9.13. The van der Waals surface area contributed by atoms with E-state index in [1.54, 1.807) is 0 Å². The molecule has 0 spiro atoms. The molecule has 3 atom stereocenters. The van der Waals surface area contributed by atoms with Crippen LogP contribution in [-0.2, 0) is 0 Å². The Labute approximate surface area is 105 Å². The van der Waals surface area contributed by atoms with E-state index in [-0.39, 0.29) is 0 Å². The van der Waals surface area contributed by atoms with Crippen molar-refractivity contribution in [3.63, 3.8) is 0 Å². The number of unbranched alkanes of at least 4 members (excludes halogenated alkanes) is 4. The van der Waals surface area contributed by atoms with Gasteiger partial charge in [0.1, 0.15) is 6.10 Å². The molecule has 0 aliphatic rings. The minimum atomic E-state index is -1.01. The molecule has 0 heterocycles. The lowest BCUT2D eigenvalue weighted by Gasteiger charge is -2.22. The molecule has 3 N–H and O–H groups in total. The Hall–Kier alpha value is -0.560. The molecular weight excluding hydrogens is 216 g/mol. The van der Waals surface area contributed by atoms with E-state index in [1.165, 1.54) is 0 Å². The molecular formula is C14H26O3. The van der Waals surface area contributed by atoms with Gasteiger partial charge in [0, 0.05) is 6.42 Å². The molecule has 100 valence electrons. The van der Waals surface area contributed by atoms with E-state index < -0.39 is 18.3 Å². The van der Waals surface area contributed by atoms with E-state index >= 15 is 0 Å². The van der Waals surface area contributed by atoms with Gasteiger partial charge in [-0.2, -0.15) is 0 Å². The van der Waals surface area contributed by atoms with Gasteiger partial charge in [0.15, 0.2) is 0 Å². The average Bonchev–Trinajstić information content (AvgIpc) is 2.32. The molecule has 0 saturated heterocycles. The minimum Gasteiger partial charge on any atom is -0.390 e. The van der Waals surface area contributed by atoms with Gasteiger partial charge in [-0.15, -0.1) is 12.3 Å². The first-order valence-electron chi connectivity index (χ1n) is 6.61. The molecule has 3 unspecified atom stereocenters. The lowest BCUT2D eigenvalue weighted by atomic mass is 9.99. The van der Waals surface area contributed by atoms with Crippen LogP contribution in [0.4, 0.5) is 0 Å². The number of aliphatic hydroxyl groups is 3. The summed E-state index contributed by atoms with van der Waals surface area (Å²) in [4.78, 5) is 0. The van der Waals surface area contributed by atoms with Crippen LogP contribution in [0.3, 0.4) is 0 Å². The van der Waals surface area contributed by atoms with Crippen molar-refractivity contribution in [3.8, 4) is 12.3 Å². The van der Waals surface area contributed by atoms with E-state index in [2.05, 4.69) is 5.92 Å². The van der Waals surface area contributed by atoms with E-state index in [4.69, 9.17) is 6.42 Å². The monoisotopic (exact) mass is 242 g/mol. The zero-order valence-electron chi connectivity index (χ0n) is 10.8. The molecule has 0 aliphatic carbocycles. The van der Waals surface area contributed by atoms with Crippen LogP contribution in [0.5, 0.6) is 0 Å². The molecule has 0 aliphatic heterocycles. The predicted molar refractivity (Wildman–Crippen MR) is 69.5 cm³/mol. The van der Waals surface area contributed by atoms with Gasteiger partial charge in [-0.1, -0.05) is 32.6 Å².